The molecular formula is C13H22N6O. The summed E-state index contributed by atoms with van der Waals surface area (Å²) < 4.78 is 3.65. The first kappa shape index (κ1) is 14.4. The van der Waals surface area contributed by atoms with E-state index in [1.807, 2.05) is 18.5 Å². The van der Waals surface area contributed by atoms with Crippen molar-refractivity contribution in [2.24, 2.45) is 7.05 Å². The van der Waals surface area contributed by atoms with Crippen LogP contribution < -0.4 is 11.1 Å². The van der Waals surface area contributed by atoms with Gasteiger partial charge in [-0.2, -0.15) is 5.10 Å². The predicted molar refractivity (Wildman–Crippen MR) is 78.2 cm³/mol. The fraction of sp³-hybridized carbons (Fsp3) is 0.615. The van der Waals surface area contributed by atoms with Crippen LogP contribution in [0.25, 0.3) is 11.2 Å². The van der Waals surface area contributed by atoms with Crippen molar-refractivity contribution >= 4 is 23.0 Å². The molecule has 0 atom stereocenters. The number of amides is 1. The van der Waals surface area contributed by atoms with Crippen LogP contribution in [0.5, 0.6) is 0 Å². The summed E-state index contributed by atoms with van der Waals surface area (Å²) in [4.78, 5) is 16.0. The minimum absolute atomic E-state index is 0.0182. The first-order chi connectivity index (χ1) is 9.58. The van der Waals surface area contributed by atoms with Gasteiger partial charge in [-0.05, 0) is 13.3 Å². The molecule has 0 aromatic carbocycles. The number of fused-ring (bicyclic) bond motifs is 1. The predicted octanol–water partition coefficient (Wildman–Crippen LogP) is 0.831. The number of carbonyl (C=O) groups excluding carboxylic acids is 1. The van der Waals surface area contributed by atoms with E-state index in [0.29, 0.717) is 25.5 Å². The molecule has 2 rings (SSSR count). The highest BCUT2D eigenvalue weighted by molar-refractivity contribution is 5.79. The van der Waals surface area contributed by atoms with Gasteiger partial charge in [-0.3, -0.25) is 14.0 Å². The molecule has 0 radical (unpaired) electrons. The molecule has 0 aliphatic heterocycles. The van der Waals surface area contributed by atoms with Gasteiger partial charge >= 0.3 is 0 Å². The number of imidazole rings is 1. The number of nitrogens with two attached hydrogens (primary N) is 1. The molecule has 0 fully saturated rings. The van der Waals surface area contributed by atoms with Gasteiger partial charge in [-0.15, -0.1) is 0 Å². The fourth-order valence-corrected chi connectivity index (χ4v) is 2.38. The first-order valence-corrected chi connectivity index (χ1v) is 7.02. The highest BCUT2D eigenvalue weighted by Crippen LogP contribution is 2.22. The summed E-state index contributed by atoms with van der Waals surface area (Å²) in [6.45, 7) is 5.16. The number of carbonyl (C=O) groups is 1. The van der Waals surface area contributed by atoms with Crippen molar-refractivity contribution in [3.63, 3.8) is 0 Å². The Morgan fingerprint density at radius 1 is 1.40 bits per heavy atom. The summed E-state index contributed by atoms with van der Waals surface area (Å²) in [6, 6.07) is 0. The van der Waals surface area contributed by atoms with E-state index in [2.05, 4.69) is 22.3 Å². The SMILES string of the molecule is CCCc1nn(C)c2c1nc(N)n2CCC(=O)NCC. The number of anilines is 1. The van der Waals surface area contributed by atoms with Gasteiger partial charge in [0.1, 0.15) is 5.52 Å². The van der Waals surface area contributed by atoms with Crippen LogP contribution in [0.15, 0.2) is 0 Å². The van der Waals surface area contributed by atoms with Gasteiger partial charge in [0.05, 0.1) is 5.69 Å². The molecule has 110 valence electrons. The van der Waals surface area contributed by atoms with Gasteiger partial charge < -0.3 is 11.1 Å². The number of hydrogen-bond acceptors (Lipinski definition) is 4. The maximum absolute atomic E-state index is 11.6. The van der Waals surface area contributed by atoms with E-state index in [0.717, 1.165) is 29.7 Å². The standard InChI is InChI=1S/C13H22N6O/c1-4-6-9-11-12(18(3)17-9)19(13(14)16-11)8-7-10(20)15-5-2/h4-8H2,1-3H3,(H2,14,16)(H,15,20). The van der Waals surface area contributed by atoms with Crippen molar-refractivity contribution in [3.8, 4) is 0 Å². The van der Waals surface area contributed by atoms with Gasteiger partial charge in [0.15, 0.2) is 5.65 Å². The third-order valence-electron chi connectivity index (χ3n) is 3.24. The third-order valence-corrected chi connectivity index (χ3v) is 3.24. The average molecular weight is 278 g/mol. The molecule has 0 bridgehead atoms. The monoisotopic (exact) mass is 278 g/mol. The lowest BCUT2D eigenvalue weighted by Crippen LogP contribution is -2.24. The van der Waals surface area contributed by atoms with E-state index < -0.39 is 0 Å². The van der Waals surface area contributed by atoms with Crippen LogP contribution in [-0.4, -0.2) is 31.8 Å². The Hall–Kier alpha value is -2.05. The minimum atomic E-state index is 0.0182. The lowest BCUT2D eigenvalue weighted by molar-refractivity contribution is -0.121. The minimum Gasteiger partial charge on any atom is -0.369 e. The smallest absolute Gasteiger partial charge is 0.221 e. The Kier molecular flexibility index (Phi) is 4.26. The molecule has 0 saturated carbocycles. The number of aromatic nitrogens is 4. The molecule has 3 N–H and O–H groups in total. The van der Waals surface area contributed by atoms with Crippen molar-refractivity contribution in [2.75, 3.05) is 12.3 Å². The average Bonchev–Trinajstić information content (AvgIpc) is 2.87. The molecule has 2 aromatic heterocycles. The molecular weight excluding hydrogens is 256 g/mol. The second kappa shape index (κ2) is 5.94. The highest BCUT2D eigenvalue weighted by atomic mass is 16.1. The van der Waals surface area contributed by atoms with Gasteiger partial charge in [0.25, 0.3) is 0 Å². The quantitative estimate of drug-likeness (QED) is 0.819. The second-order valence-corrected chi connectivity index (χ2v) is 4.82. The van der Waals surface area contributed by atoms with Crippen molar-refractivity contribution in [2.45, 2.75) is 39.7 Å². The zero-order valence-corrected chi connectivity index (χ0v) is 12.3. The molecule has 0 aliphatic carbocycles. The van der Waals surface area contributed by atoms with Gasteiger partial charge in [-0.1, -0.05) is 13.3 Å². The summed E-state index contributed by atoms with van der Waals surface area (Å²) in [5.74, 6) is 0.458. The number of nitrogens with zero attached hydrogens (tertiary/aromatic N) is 4. The van der Waals surface area contributed by atoms with Crippen molar-refractivity contribution < 1.29 is 4.79 Å². The van der Waals surface area contributed by atoms with Crippen molar-refractivity contribution in [3.05, 3.63) is 5.69 Å². The van der Waals surface area contributed by atoms with Crippen LogP contribution in [0.3, 0.4) is 0 Å². The highest BCUT2D eigenvalue weighted by Gasteiger charge is 2.17. The number of nitrogen functional groups attached to an aromatic ring is 1. The Bertz CT molecular complexity index is 612. The number of aryl methyl sites for hydroxylation is 3. The zero-order valence-electron chi connectivity index (χ0n) is 12.3. The summed E-state index contributed by atoms with van der Waals surface area (Å²) in [7, 11) is 1.88. The van der Waals surface area contributed by atoms with Gasteiger partial charge in [0, 0.05) is 26.6 Å². The lowest BCUT2D eigenvalue weighted by atomic mass is 10.2. The third kappa shape index (κ3) is 2.61. The van der Waals surface area contributed by atoms with Crippen LogP contribution in [-0.2, 0) is 24.8 Å². The van der Waals surface area contributed by atoms with E-state index in [9.17, 15) is 4.79 Å². The Morgan fingerprint density at radius 3 is 2.80 bits per heavy atom. The Labute approximate surface area is 118 Å². The van der Waals surface area contributed by atoms with Crippen molar-refractivity contribution in [1.82, 2.24) is 24.6 Å². The molecule has 1 amide bonds. The summed E-state index contributed by atoms with van der Waals surface area (Å²) in [5, 5.41) is 7.26. The van der Waals surface area contributed by atoms with E-state index in [1.54, 1.807) is 4.68 Å². The molecule has 0 saturated heterocycles. The van der Waals surface area contributed by atoms with Crippen LogP contribution in [0.4, 0.5) is 5.95 Å². The van der Waals surface area contributed by atoms with E-state index >= 15 is 0 Å². The number of rotatable bonds is 6. The molecule has 2 aromatic rings. The largest absolute Gasteiger partial charge is 0.369 e. The van der Waals surface area contributed by atoms with Crippen LogP contribution in [0.2, 0.25) is 0 Å². The summed E-state index contributed by atoms with van der Waals surface area (Å²) in [5.41, 5.74) is 8.67. The molecule has 2 heterocycles. The normalized spacial score (nSPS) is 11.2. The van der Waals surface area contributed by atoms with Crippen LogP contribution in [0.1, 0.15) is 32.4 Å². The Balaban J connectivity index is 2.29. The molecule has 20 heavy (non-hydrogen) atoms. The first-order valence-electron chi connectivity index (χ1n) is 7.02. The van der Waals surface area contributed by atoms with Crippen LogP contribution in [0, 0.1) is 0 Å². The maximum atomic E-state index is 11.6. The zero-order chi connectivity index (χ0) is 14.7. The fourth-order valence-electron chi connectivity index (χ4n) is 2.38. The summed E-state index contributed by atoms with van der Waals surface area (Å²) in [6.07, 6.45) is 2.28. The molecule has 0 aliphatic rings. The topological polar surface area (TPSA) is 90.8 Å². The van der Waals surface area contributed by atoms with E-state index in [-0.39, 0.29) is 5.91 Å². The van der Waals surface area contributed by atoms with Crippen LogP contribution >= 0.6 is 0 Å². The van der Waals surface area contributed by atoms with Crippen molar-refractivity contribution in [1.29, 1.82) is 0 Å². The molecule has 0 unspecified atom stereocenters. The number of nitrogens with one attached hydrogen (secondary N) is 1. The summed E-state index contributed by atoms with van der Waals surface area (Å²) >= 11 is 0. The lowest BCUT2D eigenvalue weighted by Gasteiger charge is -2.06. The van der Waals surface area contributed by atoms with E-state index in [1.165, 1.54) is 0 Å². The Morgan fingerprint density at radius 2 is 2.15 bits per heavy atom. The van der Waals surface area contributed by atoms with Gasteiger partial charge in [0.2, 0.25) is 11.9 Å². The van der Waals surface area contributed by atoms with Gasteiger partial charge in [-0.25, -0.2) is 4.98 Å². The van der Waals surface area contributed by atoms with E-state index in [4.69, 9.17) is 5.73 Å². The molecule has 0 spiro atoms. The second-order valence-electron chi connectivity index (χ2n) is 4.82. The number of hydrogen-bond donors (Lipinski definition) is 2. The molecule has 7 nitrogen and oxygen atoms in total. The molecule has 7 heteroatoms. The maximum Gasteiger partial charge on any atom is 0.221 e.